The van der Waals surface area contributed by atoms with Gasteiger partial charge in [0.2, 0.25) is 21.8 Å². The van der Waals surface area contributed by atoms with Gasteiger partial charge in [0, 0.05) is 52.1 Å². The molecule has 1 aromatic rings. The zero-order valence-electron chi connectivity index (χ0n) is 17.4. The van der Waals surface area contributed by atoms with E-state index in [0.717, 1.165) is 5.56 Å². The first-order valence-corrected chi connectivity index (χ1v) is 11.5. The van der Waals surface area contributed by atoms with Crippen LogP contribution < -0.4 is 0 Å². The van der Waals surface area contributed by atoms with Crippen LogP contribution in [0.3, 0.4) is 0 Å². The van der Waals surface area contributed by atoms with Gasteiger partial charge in [0.05, 0.1) is 0 Å². The first-order chi connectivity index (χ1) is 13.7. The summed E-state index contributed by atoms with van der Waals surface area (Å²) in [6, 6.07) is 4.48. The molecule has 2 rings (SSSR count). The Morgan fingerprint density at radius 2 is 1.69 bits per heavy atom. The minimum Gasteiger partial charge on any atom is -0.507 e. The second-order valence-electron chi connectivity index (χ2n) is 7.18. The maximum atomic E-state index is 12.8. The fourth-order valence-electron chi connectivity index (χ4n) is 3.43. The summed E-state index contributed by atoms with van der Waals surface area (Å²) in [5.41, 5.74) is 0.745. The Morgan fingerprint density at radius 1 is 1.07 bits per heavy atom. The summed E-state index contributed by atoms with van der Waals surface area (Å²) in [5, 5.41) is 9.96. The highest BCUT2D eigenvalue weighted by Gasteiger charge is 2.31. The van der Waals surface area contributed by atoms with Gasteiger partial charge < -0.3 is 14.9 Å². The van der Waals surface area contributed by atoms with E-state index < -0.39 is 10.0 Å². The van der Waals surface area contributed by atoms with Crippen LogP contribution in [0.25, 0.3) is 0 Å². The van der Waals surface area contributed by atoms with Gasteiger partial charge in [0.15, 0.2) is 0 Å². The molecule has 0 radical (unpaired) electrons. The number of amides is 2. The second-order valence-corrected chi connectivity index (χ2v) is 9.08. The molecule has 8 nitrogen and oxygen atoms in total. The van der Waals surface area contributed by atoms with Crippen molar-refractivity contribution in [1.29, 1.82) is 0 Å². The SMILES string of the molecule is CCN(CC)C(=O)CCCC(=O)N1CCN(S(=O)(=O)c2cc(C)ccc2O)CC1. The summed E-state index contributed by atoms with van der Waals surface area (Å²) < 4.78 is 27.0. The average Bonchev–Trinajstić information content (AvgIpc) is 2.70. The zero-order chi connectivity index (χ0) is 21.6. The van der Waals surface area contributed by atoms with E-state index in [1.54, 1.807) is 22.8 Å². The molecule has 1 aliphatic rings. The van der Waals surface area contributed by atoms with Crippen molar-refractivity contribution in [3.63, 3.8) is 0 Å². The molecule has 0 atom stereocenters. The number of phenolic OH excluding ortho intramolecular Hbond substituents is 1. The van der Waals surface area contributed by atoms with Crippen molar-refractivity contribution in [2.75, 3.05) is 39.3 Å². The fourth-order valence-corrected chi connectivity index (χ4v) is 5.02. The number of hydrogen-bond donors (Lipinski definition) is 1. The topological polar surface area (TPSA) is 98.2 Å². The molecule has 1 heterocycles. The Bertz CT molecular complexity index is 829. The van der Waals surface area contributed by atoms with Gasteiger partial charge in [0.25, 0.3) is 0 Å². The van der Waals surface area contributed by atoms with Crippen LogP contribution in [0.1, 0.15) is 38.7 Å². The summed E-state index contributed by atoms with van der Waals surface area (Å²) in [6.07, 6.45) is 1.11. The van der Waals surface area contributed by atoms with Crippen LogP contribution in [0.2, 0.25) is 0 Å². The summed E-state index contributed by atoms with van der Waals surface area (Å²) in [6.45, 7) is 7.91. The van der Waals surface area contributed by atoms with E-state index in [9.17, 15) is 23.1 Å². The lowest BCUT2D eigenvalue weighted by Crippen LogP contribution is -2.50. The minimum absolute atomic E-state index is 0.0525. The number of carbonyl (C=O) groups excluding carboxylic acids is 2. The molecule has 0 saturated carbocycles. The third-order valence-electron chi connectivity index (χ3n) is 5.22. The molecule has 162 valence electrons. The van der Waals surface area contributed by atoms with Gasteiger partial charge >= 0.3 is 0 Å². The standard InChI is InChI=1S/C20H31N3O5S/c1-4-21(5-2)19(25)7-6-8-20(26)22-11-13-23(14-12-22)29(27,28)18-15-16(3)9-10-17(18)24/h9-10,15,24H,4-8,11-14H2,1-3H3. The van der Waals surface area contributed by atoms with Gasteiger partial charge in [-0.2, -0.15) is 4.31 Å². The number of aryl methyl sites for hydroxylation is 1. The van der Waals surface area contributed by atoms with Crippen molar-refractivity contribution in [1.82, 2.24) is 14.1 Å². The van der Waals surface area contributed by atoms with Gasteiger partial charge in [-0.1, -0.05) is 6.07 Å². The molecule has 1 fully saturated rings. The molecule has 0 aliphatic carbocycles. The predicted molar refractivity (Wildman–Crippen MR) is 110 cm³/mol. The number of phenols is 1. The highest BCUT2D eigenvalue weighted by atomic mass is 32.2. The summed E-state index contributed by atoms with van der Waals surface area (Å²) in [4.78, 5) is 27.7. The lowest BCUT2D eigenvalue weighted by atomic mass is 10.2. The van der Waals surface area contributed by atoms with Crippen LogP contribution in [-0.2, 0) is 19.6 Å². The van der Waals surface area contributed by atoms with E-state index in [1.165, 1.54) is 16.4 Å². The van der Waals surface area contributed by atoms with Gasteiger partial charge in [0.1, 0.15) is 10.6 Å². The van der Waals surface area contributed by atoms with Crippen LogP contribution in [0.5, 0.6) is 5.75 Å². The monoisotopic (exact) mass is 425 g/mol. The fraction of sp³-hybridized carbons (Fsp3) is 0.600. The molecule has 0 unspecified atom stereocenters. The number of nitrogens with zero attached hydrogens (tertiary/aromatic N) is 3. The van der Waals surface area contributed by atoms with Gasteiger partial charge in [-0.15, -0.1) is 0 Å². The van der Waals surface area contributed by atoms with E-state index in [4.69, 9.17) is 0 Å². The average molecular weight is 426 g/mol. The lowest BCUT2D eigenvalue weighted by Gasteiger charge is -2.34. The van der Waals surface area contributed by atoms with Crippen LogP contribution in [0.4, 0.5) is 0 Å². The molecule has 29 heavy (non-hydrogen) atoms. The molecule has 1 aliphatic heterocycles. The second kappa shape index (κ2) is 10.1. The van der Waals surface area contributed by atoms with E-state index in [-0.39, 0.29) is 42.0 Å². The van der Waals surface area contributed by atoms with Crippen molar-refractivity contribution in [2.24, 2.45) is 0 Å². The van der Waals surface area contributed by atoms with Gasteiger partial charge in [-0.3, -0.25) is 9.59 Å². The maximum absolute atomic E-state index is 12.8. The van der Waals surface area contributed by atoms with E-state index in [2.05, 4.69) is 0 Å². The third kappa shape index (κ3) is 5.70. The van der Waals surface area contributed by atoms with E-state index in [0.29, 0.717) is 39.0 Å². The predicted octanol–water partition coefficient (Wildman–Crippen LogP) is 1.57. The normalized spacial score (nSPS) is 15.3. The molecule has 1 saturated heterocycles. The molecule has 9 heteroatoms. The van der Waals surface area contributed by atoms with Gasteiger partial charge in [-0.05, 0) is 44.9 Å². The van der Waals surface area contributed by atoms with E-state index in [1.807, 2.05) is 13.8 Å². The zero-order valence-corrected chi connectivity index (χ0v) is 18.2. The van der Waals surface area contributed by atoms with Crippen molar-refractivity contribution >= 4 is 21.8 Å². The number of hydrogen-bond acceptors (Lipinski definition) is 5. The summed E-state index contributed by atoms with van der Waals surface area (Å²) >= 11 is 0. The molecule has 1 aromatic carbocycles. The number of benzene rings is 1. The summed E-state index contributed by atoms with van der Waals surface area (Å²) in [5.74, 6) is -0.281. The third-order valence-corrected chi connectivity index (χ3v) is 7.15. The molecule has 2 amide bonds. The molecular formula is C20H31N3O5S. The van der Waals surface area contributed by atoms with Crippen molar-refractivity contribution < 1.29 is 23.1 Å². The number of rotatable bonds is 8. The Morgan fingerprint density at radius 3 is 2.28 bits per heavy atom. The van der Waals surface area contributed by atoms with Crippen molar-refractivity contribution in [3.05, 3.63) is 23.8 Å². The number of sulfonamides is 1. The van der Waals surface area contributed by atoms with E-state index >= 15 is 0 Å². The Kier molecular flexibility index (Phi) is 8.04. The maximum Gasteiger partial charge on any atom is 0.246 e. The smallest absolute Gasteiger partial charge is 0.246 e. The highest BCUT2D eigenvalue weighted by Crippen LogP contribution is 2.27. The molecule has 0 bridgehead atoms. The largest absolute Gasteiger partial charge is 0.507 e. The summed E-state index contributed by atoms with van der Waals surface area (Å²) in [7, 11) is -3.81. The van der Waals surface area contributed by atoms with Crippen molar-refractivity contribution in [2.45, 2.75) is 44.9 Å². The first kappa shape index (κ1) is 23.2. The Balaban J connectivity index is 1.87. The highest BCUT2D eigenvalue weighted by molar-refractivity contribution is 7.89. The molecule has 0 aromatic heterocycles. The number of piperazine rings is 1. The quantitative estimate of drug-likeness (QED) is 0.682. The molecule has 1 N–H and O–H groups in total. The lowest BCUT2D eigenvalue weighted by molar-refractivity contribution is -0.133. The van der Waals surface area contributed by atoms with Gasteiger partial charge in [-0.25, -0.2) is 8.42 Å². The van der Waals surface area contributed by atoms with Crippen LogP contribution >= 0.6 is 0 Å². The molecule has 0 spiro atoms. The number of carbonyl (C=O) groups is 2. The van der Waals surface area contributed by atoms with Crippen LogP contribution in [0, 0.1) is 6.92 Å². The Labute approximate surface area is 173 Å². The van der Waals surface area contributed by atoms with Crippen LogP contribution in [-0.4, -0.2) is 78.7 Å². The molecular weight excluding hydrogens is 394 g/mol. The van der Waals surface area contributed by atoms with Crippen molar-refractivity contribution in [3.8, 4) is 5.75 Å². The van der Waals surface area contributed by atoms with Crippen LogP contribution in [0.15, 0.2) is 23.1 Å². The Hall–Kier alpha value is -2.13. The number of aromatic hydroxyl groups is 1. The minimum atomic E-state index is -3.81. The first-order valence-electron chi connectivity index (χ1n) is 10.1.